The third-order valence-electron chi connectivity index (χ3n) is 4.25. The maximum Gasteiger partial charge on any atom is 0.321 e. The molecule has 124 valence electrons. The van der Waals surface area contributed by atoms with Gasteiger partial charge >= 0.3 is 6.03 Å². The van der Waals surface area contributed by atoms with Gasteiger partial charge in [0, 0.05) is 32.9 Å². The fourth-order valence-electron chi connectivity index (χ4n) is 2.87. The van der Waals surface area contributed by atoms with Crippen molar-refractivity contribution in [2.45, 2.75) is 31.8 Å². The fourth-order valence-corrected chi connectivity index (χ4v) is 2.87. The molecule has 1 aromatic carbocycles. The Hall–Kier alpha value is -2.15. The number of hydrogen-bond donors (Lipinski definition) is 1. The summed E-state index contributed by atoms with van der Waals surface area (Å²) < 4.78 is 7.31. The largest absolute Gasteiger partial charge is 0.378 e. The summed E-state index contributed by atoms with van der Waals surface area (Å²) in [6.07, 6.45) is 4.66. The highest BCUT2D eigenvalue weighted by molar-refractivity contribution is 5.91. The van der Waals surface area contributed by atoms with Crippen LogP contribution in [0, 0.1) is 0 Å². The highest BCUT2D eigenvalue weighted by Gasteiger charge is 2.16. The molecule has 0 radical (unpaired) electrons. The topological polar surface area (TPSA) is 72.3 Å². The van der Waals surface area contributed by atoms with Crippen LogP contribution in [0.25, 0.3) is 11.0 Å². The third-order valence-corrected chi connectivity index (χ3v) is 4.25. The minimum atomic E-state index is -0.111. The monoisotopic (exact) mass is 317 g/mol. The molecule has 1 aromatic heterocycles. The Balaban J connectivity index is 1.50. The first kappa shape index (κ1) is 15.7. The lowest BCUT2D eigenvalue weighted by Crippen LogP contribution is -2.32. The van der Waals surface area contributed by atoms with Crippen LogP contribution in [0.15, 0.2) is 18.2 Å². The van der Waals surface area contributed by atoms with Gasteiger partial charge in [0.25, 0.3) is 0 Å². The first-order valence-electron chi connectivity index (χ1n) is 8.06. The number of ether oxygens (including phenoxy) is 1. The van der Waals surface area contributed by atoms with Gasteiger partial charge in [0.15, 0.2) is 0 Å². The van der Waals surface area contributed by atoms with Crippen molar-refractivity contribution in [3.8, 4) is 0 Å². The van der Waals surface area contributed by atoms with Crippen LogP contribution in [-0.2, 0) is 11.8 Å². The van der Waals surface area contributed by atoms with Gasteiger partial charge in [0.05, 0.1) is 11.6 Å². The van der Waals surface area contributed by atoms with Gasteiger partial charge in [-0.2, -0.15) is 0 Å². The summed E-state index contributed by atoms with van der Waals surface area (Å²) in [7, 11) is 3.65. The van der Waals surface area contributed by atoms with Gasteiger partial charge in [-0.3, -0.25) is 0 Å². The second kappa shape index (κ2) is 6.95. The van der Waals surface area contributed by atoms with E-state index in [0.29, 0.717) is 6.10 Å². The number of rotatable bonds is 5. The fraction of sp³-hybridized carbons (Fsp3) is 0.562. The number of nitrogens with zero attached hydrogens (tertiary/aromatic N) is 4. The zero-order valence-corrected chi connectivity index (χ0v) is 13.7. The van der Waals surface area contributed by atoms with Crippen LogP contribution in [0.4, 0.5) is 10.5 Å². The zero-order valence-electron chi connectivity index (χ0n) is 13.7. The number of aromatic nitrogens is 3. The van der Waals surface area contributed by atoms with E-state index in [-0.39, 0.29) is 6.03 Å². The van der Waals surface area contributed by atoms with Gasteiger partial charge in [-0.15, -0.1) is 5.10 Å². The Morgan fingerprint density at radius 3 is 3.17 bits per heavy atom. The van der Waals surface area contributed by atoms with Gasteiger partial charge in [-0.1, -0.05) is 5.21 Å². The third kappa shape index (κ3) is 3.79. The number of carbonyl (C=O) groups excluding carboxylic acids is 1. The number of aryl methyl sites for hydroxylation is 1. The molecule has 1 N–H and O–H groups in total. The molecule has 0 bridgehead atoms. The Morgan fingerprint density at radius 1 is 1.52 bits per heavy atom. The quantitative estimate of drug-likeness (QED) is 0.919. The SMILES string of the molecule is CN(CCC[C@@H]1CCCO1)C(=O)Nc1ccc2c(c1)nnn2C. The van der Waals surface area contributed by atoms with E-state index in [1.54, 1.807) is 9.58 Å². The molecule has 0 aliphatic carbocycles. The Labute approximate surface area is 135 Å². The standard InChI is InChI=1S/C16H23N5O2/c1-20(9-3-5-13-6-4-10-23-13)16(22)17-12-7-8-15-14(11-12)18-19-21(15)2/h7-8,11,13H,3-6,9-10H2,1-2H3,(H,17,22)/t13-/m1/s1. The Kier molecular flexibility index (Phi) is 4.76. The van der Waals surface area contributed by atoms with E-state index in [1.807, 2.05) is 32.3 Å². The van der Waals surface area contributed by atoms with Crippen molar-refractivity contribution in [1.82, 2.24) is 19.9 Å². The summed E-state index contributed by atoms with van der Waals surface area (Å²) in [5.41, 5.74) is 2.44. The molecule has 1 saturated heterocycles. The summed E-state index contributed by atoms with van der Waals surface area (Å²) in [5, 5.41) is 10.9. The number of urea groups is 1. The Morgan fingerprint density at radius 2 is 2.39 bits per heavy atom. The van der Waals surface area contributed by atoms with Crippen LogP contribution in [0.1, 0.15) is 25.7 Å². The molecule has 2 amide bonds. The van der Waals surface area contributed by atoms with E-state index in [9.17, 15) is 4.79 Å². The minimum absolute atomic E-state index is 0.111. The molecule has 2 heterocycles. The molecule has 0 unspecified atom stereocenters. The van der Waals surface area contributed by atoms with Crippen LogP contribution in [0.3, 0.4) is 0 Å². The predicted molar refractivity (Wildman–Crippen MR) is 88.4 cm³/mol. The maximum absolute atomic E-state index is 12.2. The summed E-state index contributed by atoms with van der Waals surface area (Å²) in [6, 6.07) is 5.49. The van der Waals surface area contributed by atoms with Crippen LogP contribution in [0.5, 0.6) is 0 Å². The van der Waals surface area contributed by atoms with Crippen LogP contribution in [-0.4, -0.2) is 52.2 Å². The lowest BCUT2D eigenvalue weighted by Gasteiger charge is -2.19. The van der Waals surface area contributed by atoms with E-state index in [2.05, 4.69) is 15.6 Å². The number of nitrogens with one attached hydrogen (secondary N) is 1. The molecule has 23 heavy (non-hydrogen) atoms. The van der Waals surface area contributed by atoms with Gasteiger partial charge in [-0.25, -0.2) is 9.48 Å². The Bertz CT molecular complexity index is 678. The highest BCUT2D eigenvalue weighted by Crippen LogP contribution is 2.18. The molecular formula is C16H23N5O2. The molecule has 0 saturated carbocycles. The molecule has 0 spiro atoms. The molecule has 1 aliphatic rings. The van der Waals surface area contributed by atoms with E-state index in [4.69, 9.17) is 4.74 Å². The van der Waals surface area contributed by atoms with Crippen LogP contribution < -0.4 is 5.32 Å². The summed E-state index contributed by atoms with van der Waals surface area (Å²) in [6.45, 7) is 1.60. The molecular weight excluding hydrogens is 294 g/mol. The second-order valence-electron chi connectivity index (χ2n) is 6.05. The van der Waals surface area contributed by atoms with Crippen molar-refractivity contribution < 1.29 is 9.53 Å². The van der Waals surface area contributed by atoms with Crippen molar-refractivity contribution in [2.75, 3.05) is 25.5 Å². The van der Waals surface area contributed by atoms with Crippen molar-refractivity contribution >= 4 is 22.8 Å². The van der Waals surface area contributed by atoms with E-state index in [0.717, 1.165) is 55.6 Å². The predicted octanol–water partition coefficient (Wildman–Crippen LogP) is 2.39. The number of fused-ring (bicyclic) bond motifs is 1. The summed E-state index contributed by atoms with van der Waals surface area (Å²) in [4.78, 5) is 13.9. The van der Waals surface area contributed by atoms with Crippen LogP contribution in [0.2, 0.25) is 0 Å². The van der Waals surface area contributed by atoms with Crippen molar-refractivity contribution in [3.63, 3.8) is 0 Å². The minimum Gasteiger partial charge on any atom is -0.378 e. The van der Waals surface area contributed by atoms with Crippen LogP contribution >= 0.6 is 0 Å². The lowest BCUT2D eigenvalue weighted by atomic mass is 10.1. The normalized spacial score (nSPS) is 17.6. The number of amides is 2. The van der Waals surface area contributed by atoms with Gasteiger partial charge in [0.2, 0.25) is 0 Å². The van der Waals surface area contributed by atoms with Gasteiger partial charge in [0.1, 0.15) is 5.52 Å². The average Bonchev–Trinajstić information content (AvgIpc) is 3.17. The molecule has 7 heteroatoms. The number of hydrogen-bond acceptors (Lipinski definition) is 4. The molecule has 1 atom stereocenters. The lowest BCUT2D eigenvalue weighted by molar-refractivity contribution is 0.101. The van der Waals surface area contributed by atoms with Crippen molar-refractivity contribution in [3.05, 3.63) is 18.2 Å². The van der Waals surface area contributed by atoms with E-state index >= 15 is 0 Å². The zero-order chi connectivity index (χ0) is 16.2. The first-order chi connectivity index (χ1) is 11.1. The number of benzene rings is 1. The molecule has 1 aliphatic heterocycles. The van der Waals surface area contributed by atoms with Crippen molar-refractivity contribution in [1.29, 1.82) is 0 Å². The smallest absolute Gasteiger partial charge is 0.321 e. The van der Waals surface area contributed by atoms with Crippen molar-refractivity contribution in [2.24, 2.45) is 7.05 Å². The van der Waals surface area contributed by atoms with Gasteiger partial charge < -0.3 is 15.0 Å². The molecule has 3 rings (SSSR count). The first-order valence-corrected chi connectivity index (χ1v) is 8.06. The van der Waals surface area contributed by atoms with Gasteiger partial charge in [-0.05, 0) is 43.9 Å². The second-order valence-corrected chi connectivity index (χ2v) is 6.05. The average molecular weight is 317 g/mol. The molecule has 1 fully saturated rings. The number of anilines is 1. The van der Waals surface area contributed by atoms with E-state index in [1.165, 1.54) is 0 Å². The van der Waals surface area contributed by atoms with E-state index < -0.39 is 0 Å². The molecule has 2 aromatic rings. The highest BCUT2D eigenvalue weighted by atomic mass is 16.5. The molecule has 7 nitrogen and oxygen atoms in total. The number of carbonyl (C=O) groups is 1. The maximum atomic E-state index is 12.2. The summed E-state index contributed by atoms with van der Waals surface area (Å²) >= 11 is 0. The summed E-state index contributed by atoms with van der Waals surface area (Å²) in [5.74, 6) is 0.